The Morgan fingerprint density at radius 2 is 2.10 bits per heavy atom. The summed E-state index contributed by atoms with van der Waals surface area (Å²) in [6.45, 7) is 5.07. The van der Waals surface area contributed by atoms with Gasteiger partial charge in [0, 0.05) is 5.02 Å². The molecule has 5 nitrogen and oxygen atoms in total. The topological polar surface area (TPSA) is 75.6 Å². The molecule has 0 spiro atoms. The van der Waals surface area contributed by atoms with E-state index in [4.69, 9.17) is 21.4 Å². The molecule has 0 aromatic heterocycles. The van der Waals surface area contributed by atoms with E-state index in [0.29, 0.717) is 17.2 Å². The number of hydrogen-bond donors (Lipinski definition) is 2. The number of carbonyl (C=O) groups is 2. The van der Waals surface area contributed by atoms with E-state index in [2.05, 4.69) is 5.32 Å². The van der Waals surface area contributed by atoms with Gasteiger partial charge in [0.2, 0.25) is 0 Å². The fraction of sp³-hybridized carbons (Fsp3) is 0.429. The number of rotatable bonds is 6. The van der Waals surface area contributed by atoms with Crippen molar-refractivity contribution in [2.75, 3.05) is 0 Å². The van der Waals surface area contributed by atoms with Crippen molar-refractivity contribution < 1.29 is 19.4 Å². The SMILES string of the molecule is CC[C@@H](NC(=O)C(C)Oc1ccc(Cl)cc1C)C(=O)O. The van der Waals surface area contributed by atoms with E-state index in [1.165, 1.54) is 0 Å². The normalized spacial score (nSPS) is 13.4. The van der Waals surface area contributed by atoms with Crippen LogP contribution in [0.15, 0.2) is 18.2 Å². The number of nitrogens with one attached hydrogen (secondary N) is 1. The highest BCUT2D eigenvalue weighted by Crippen LogP contribution is 2.22. The molecule has 20 heavy (non-hydrogen) atoms. The smallest absolute Gasteiger partial charge is 0.326 e. The van der Waals surface area contributed by atoms with Gasteiger partial charge in [0.25, 0.3) is 5.91 Å². The molecule has 1 amide bonds. The van der Waals surface area contributed by atoms with E-state index < -0.39 is 24.0 Å². The zero-order chi connectivity index (χ0) is 15.3. The summed E-state index contributed by atoms with van der Waals surface area (Å²) in [5.41, 5.74) is 0.808. The van der Waals surface area contributed by atoms with Crippen molar-refractivity contribution >= 4 is 23.5 Å². The van der Waals surface area contributed by atoms with Crippen LogP contribution >= 0.6 is 11.6 Å². The number of carbonyl (C=O) groups excluding carboxylic acids is 1. The molecule has 0 saturated carbocycles. The van der Waals surface area contributed by atoms with Crippen molar-refractivity contribution in [1.82, 2.24) is 5.32 Å². The molecule has 0 heterocycles. The van der Waals surface area contributed by atoms with E-state index in [-0.39, 0.29) is 0 Å². The van der Waals surface area contributed by atoms with Gasteiger partial charge in [-0.3, -0.25) is 4.79 Å². The fourth-order valence-electron chi connectivity index (χ4n) is 1.62. The van der Waals surface area contributed by atoms with Crippen LogP contribution < -0.4 is 10.1 Å². The first-order valence-electron chi connectivity index (χ1n) is 6.31. The Balaban J connectivity index is 2.68. The molecule has 0 radical (unpaired) electrons. The monoisotopic (exact) mass is 299 g/mol. The van der Waals surface area contributed by atoms with E-state index in [1.807, 2.05) is 6.92 Å². The second-order valence-electron chi connectivity index (χ2n) is 4.48. The maximum atomic E-state index is 11.9. The Bertz CT molecular complexity index is 504. The molecule has 0 aliphatic heterocycles. The van der Waals surface area contributed by atoms with Crippen LogP contribution in [0.5, 0.6) is 5.75 Å². The highest BCUT2D eigenvalue weighted by Gasteiger charge is 2.22. The van der Waals surface area contributed by atoms with Crippen LogP contribution in [0.2, 0.25) is 5.02 Å². The second-order valence-corrected chi connectivity index (χ2v) is 4.91. The number of carboxylic acids is 1. The molecule has 2 N–H and O–H groups in total. The highest BCUT2D eigenvalue weighted by molar-refractivity contribution is 6.30. The highest BCUT2D eigenvalue weighted by atomic mass is 35.5. The lowest BCUT2D eigenvalue weighted by atomic mass is 10.2. The average Bonchev–Trinajstić information content (AvgIpc) is 2.38. The van der Waals surface area contributed by atoms with Crippen LogP contribution in [0.25, 0.3) is 0 Å². The van der Waals surface area contributed by atoms with E-state index in [1.54, 1.807) is 32.0 Å². The summed E-state index contributed by atoms with van der Waals surface area (Å²) in [5.74, 6) is -0.982. The second kappa shape index (κ2) is 7.14. The summed E-state index contributed by atoms with van der Waals surface area (Å²) in [5, 5.41) is 11.9. The van der Waals surface area contributed by atoms with E-state index in [9.17, 15) is 9.59 Å². The van der Waals surface area contributed by atoms with Gasteiger partial charge in [0.15, 0.2) is 6.10 Å². The van der Waals surface area contributed by atoms with Gasteiger partial charge >= 0.3 is 5.97 Å². The minimum absolute atomic E-state index is 0.313. The summed E-state index contributed by atoms with van der Waals surface area (Å²) in [7, 11) is 0. The molecule has 0 bridgehead atoms. The molecule has 0 aliphatic rings. The van der Waals surface area contributed by atoms with E-state index >= 15 is 0 Å². The van der Waals surface area contributed by atoms with Crippen molar-refractivity contribution in [1.29, 1.82) is 0 Å². The Morgan fingerprint density at radius 1 is 1.45 bits per heavy atom. The summed E-state index contributed by atoms with van der Waals surface area (Å²) in [6.07, 6.45) is -0.475. The first kappa shape index (κ1) is 16.3. The maximum Gasteiger partial charge on any atom is 0.326 e. The summed E-state index contributed by atoms with van der Waals surface area (Å²) in [6, 6.07) is 4.17. The quantitative estimate of drug-likeness (QED) is 0.846. The zero-order valence-corrected chi connectivity index (χ0v) is 12.4. The van der Waals surface area contributed by atoms with E-state index in [0.717, 1.165) is 5.56 Å². The molecule has 2 atom stereocenters. The molecular formula is C14H18ClNO4. The van der Waals surface area contributed by atoms with Crippen molar-refractivity contribution in [2.24, 2.45) is 0 Å². The molecular weight excluding hydrogens is 282 g/mol. The van der Waals surface area contributed by atoms with Crippen molar-refractivity contribution in [3.8, 4) is 5.75 Å². The lowest BCUT2D eigenvalue weighted by Crippen LogP contribution is -2.45. The van der Waals surface area contributed by atoms with Crippen molar-refractivity contribution in [3.05, 3.63) is 28.8 Å². The molecule has 1 rings (SSSR count). The Kier molecular flexibility index (Phi) is 5.82. The predicted octanol–water partition coefficient (Wildman–Crippen LogP) is 2.40. The third-order valence-corrected chi connectivity index (χ3v) is 3.07. The lowest BCUT2D eigenvalue weighted by Gasteiger charge is -2.19. The Hall–Kier alpha value is -1.75. The number of halogens is 1. The maximum absolute atomic E-state index is 11.9. The number of amides is 1. The molecule has 6 heteroatoms. The van der Waals surface area contributed by atoms with Crippen LogP contribution in [-0.4, -0.2) is 29.1 Å². The van der Waals surface area contributed by atoms with Gasteiger partial charge in [-0.15, -0.1) is 0 Å². The standard InChI is InChI=1S/C14H18ClNO4/c1-4-11(14(18)19)16-13(17)9(3)20-12-6-5-10(15)7-8(12)2/h5-7,9,11H,4H2,1-3H3,(H,16,17)(H,18,19)/t9?,11-/m1/s1. The zero-order valence-electron chi connectivity index (χ0n) is 11.6. The van der Waals surface area contributed by atoms with Crippen LogP contribution in [0, 0.1) is 6.92 Å². The van der Waals surface area contributed by atoms with Gasteiger partial charge in [-0.1, -0.05) is 18.5 Å². The third-order valence-electron chi connectivity index (χ3n) is 2.83. The summed E-state index contributed by atoms with van der Waals surface area (Å²) < 4.78 is 5.52. The Labute approximate surface area is 122 Å². The van der Waals surface area contributed by atoms with Gasteiger partial charge < -0.3 is 15.2 Å². The molecule has 1 unspecified atom stereocenters. The summed E-state index contributed by atoms with van der Waals surface area (Å²) >= 11 is 5.84. The number of ether oxygens (including phenoxy) is 1. The molecule has 0 aliphatic carbocycles. The molecule has 0 saturated heterocycles. The number of carboxylic acid groups (broad SMARTS) is 1. The minimum atomic E-state index is -1.06. The van der Waals surface area contributed by atoms with Crippen LogP contribution in [-0.2, 0) is 9.59 Å². The fourth-order valence-corrected chi connectivity index (χ4v) is 1.84. The lowest BCUT2D eigenvalue weighted by molar-refractivity contribution is -0.143. The number of hydrogen-bond acceptors (Lipinski definition) is 3. The third kappa shape index (κ3) is 4.42. The molecule has 110 valence electrons. The van der Waals surface area contributed by atoms with Crippen molar-refractivity contribution in [3.63, 3.8) is 0 Å². The van der Waals surface area contributed by atoms with Crippen molar-refractivity contribution in [2.45, 2.75) is 39.3 Å². The van der Waals surface area contributed by atoms with Crippen LogP contribution in [0.4, 0.5) is 0 Å². The van der Waals surface area contributed by atoms with Gasteiger partial charge in [-0.05, 0) is 44.0 Å². The molecule has 1 aromatic carbocycles. The van der Waals surface area contributed by atoms with Crippen LogP contribution in [0.3, 0.4) is 0 Å². The largest absolute Gasteiger partial charge is 0.481 e. The minimum Gasteiger partial charge on any atom is -0.481 e. The number of aryl methyl sites for hydroxylation is 1. The van der Waals surface area contributed by atoms with Crippen LogP contribution in [0.1, 0.15) is 25.8 Å². The summed E-state index contributed by atoms with van der Waals surface area (Å²) in [4.78, 5) is 22.7. The van der Waals surface area contributed by atoms with Gasteiger partial charge in [-0.2, -0.15) is 0 Å². The number of benzene rings is 1. The van der Waals surface area contributed by atoms with Gasteiger partial charge in [0.05, 0.1) is 0 Å². The first-order valence-corrected chi connectivity index (χ1v) is 6.69. The molecule has 1 aromatic rings. The number of aliphatic carboxylic acids is 1. The predicted molar refractivity (Wildman–Crippen MR) is 76.1 cm³/mol. The first-order chi connectivity index (χ1) is 9.35. The Morgan fingerprint density at radius 3 is 2.60 bits per heavy atom. The van der Waals surface area contributed by atoms with Gasteiger partial charge in [0.1, 0.15) is 11.8 Å². The molecule has 0 fully saturated rings. The average molecular weight is 300 g/mol. The van der Waals surface area contributed by atoms with Gasteiger partial charge in [-0.25, -0.2) is 4.79 Å².